The van der Waals surface area contributed by atoms with Crippen LogP contribution in [-0.2, 0) is 0 Å². The van der Waals surface area contributed by atoms with E-state index in [4.69, 9.17) is 0 Å². The quantitative estimate of drug-likeness (QED) is 0.202. The Morgan fingerprint density at radius 1 is 0.405 bits per heavy atom. The Kier molecular flexibility index (Phi) is 7.23. The van der Waals surface area contributed by atoms with E-state index in [-0.39, 0.29) is 0 Å². The van der Waals surface area contributed by atoms with Crippen LogP contribution >= 0.6 is 15.8 Å². The summed E-state index contributed by atoms with van der Waals surface area (Å²) >= 11 is 0. The maximum atomic E-state index is 2.39. The molecule has 0 N–H and O–H groups in total. The lowest BCUT2D eigenvalue weighted by molar-refractivity contribution is 1.44. The van der Waals surface area contributed by atoms with E-state index in [1.807, 2.05) is 0 Å². The van der Waals surface area contributed by atoms with E-state index in [9.17, 15) is 0 Å². The molecule has 5 aromatic carbocycles. The Balaban J connectivity index is 1.55. The third-order valence-corrected chi connectivity index (χ3v) is 11.7. The van der Waals surface area contributed by atoms with Gasteiger partial charge in [-0.3, -0.25) is 0 Å². The molecule has 0 spiro atoms. The summed E-state index contributed by atoms with van der Waals surface area (Å²) in [6.07, 6.45) is 5.72. The van der Waals surface area contributed by atoms with E-state index >= 15 is 0 Å². The summed E-state index contributed by atoms with van der Waals surface area (Å²) in [7, 11) is -1.34. The molecule has 0 amide bonds. The van der Waals surface area contributed by atoms with Crippen LogP contribution < -0.4 is 26.5 Å². The molecule has 37 heavy (non-hydrogen) atoms. The van der Waals surface area contributed by atoms with Gasteiger partial charge in [-0.25, -0.2) is 0 Å². The fourth-order valence-electron chi connectivity index (χ4n) is 5.04. The van der Waals surface area contributed by atoms with Gasteiger partial charge in [0.1, 0.15) is 0 Å². The lowest BCUT2D eigenvalue weighted by Crippen LogP contribution is -2.23. The molecule has 178 valence electrons. The van der Waals surface area contributed by atoms with Crippen molar-refractivity contribution in [3.63, 3.8) is 0 Å². The van der Waals surface area contributed by atoms with Crippen LogP contribution in [-0.4, -0.2) is 0 Å². The summed E-state index contributed by atoms with van der Waals surface area (Å²) in [4.78, 5) is 0. The zero-order valence-corrected chi connectivity index (χ0v) is 22.4. The van der Waals surface area contributed by atoms with Crippen molar-refractivity contribution in [2.75, 3.05) is 0 Å². The van der Waals surface area contributed by atoms with Gasteiger partial charge < -0.3 is 0 Å². The van der Waals surface area contributed by atoms with Gasteiger partial charge in [0, 0.05) is 0 Å². The molecule has 0 fully saturated rings. The second-order valence-electron chi connectivity index (χ2n) is 9.00. The number of benzene rings is 5. The van der Waals surface area contributed by atoms with Crippen molar-refractivity contribution in [2.24, 2.45) is 0 Å². The fraction of sp³-hybridized carbons (Fsp3) is 0.0286. The summed E-state index contributed by atoms with van der Waals surface area (Å²) in [6.45, 7) is 0. The van der Waals surface area contributed by atoms with Gasteiger partial charge in [-0.2, -0.15) is 0 Å². The first-order chi connectivity index (χ1) is 18.4. The second-order valence-corrected chi connectivity index (χ2v) is 13.4. The Morgan fingerprint density at radius 2 is 0.811 bits per heavy atom. The first kappa shape index (κ1) is 23.8. The maximum Gasteiger partial charge on any atom is -0.00755 e. The van der Waals surface area contributed by atoms with Gasteiger partial charge in [-0.05, 0) is 65.2 Å². The van der Waals surface area contributed by atoms with Gasteiger partial charge >= 0.3 is 0 Å². The first-order valence-corrected chi connectivity index (χ1v) is 15.4. The van der Waals surface area contributed by atoms with Crippen molar-refractivity contribution in [3.05, 3.63) is 169 Å². The fourth-order valence-corrected chi connectivity index (χ4v) is 10.0. The third-order valence-electron chi connectivity index (χ3n) is 6.68. The maximum absolute atomic E-state index is 2.39. The molecule has 6 rings (SSSR count). The van der Waals surface area contributed by atoms with Crippen LogP contribution in [0.2, 0.25) is 0 Å². The van der Waals surface area contributed by atoms with Gasteiger partial charge in [-0.15, -0.1) is 0 Å². The molecule has 0 saturated heterocycles. The molecular weight excluding hydrogens is 482 g/mol. The van der Waals surface area contributed by atoms with Crippen molar-refractivity contribution in [1.29, 1.82) is 0 Å². The third kappa shape index (κ3) is 5.01. The monoisotopic (exact) mass is 510 g/mol. The molecule has 1 aliphatic rings. The van der Waals surface area contributed by atoms with Gasteiger partial charge in [0.15, 0.2) is 0 Å². The topological polar surface area (TPSA) is 0 Å². The molecular formula is C35H28P2. The molecule has 5 aromatic rings. The van der Waals surface area contributed by atoms with Gasteiger partial charge in [0.2, 0.25) is 0 Å². The lowest BCUT2D eigenvalue weighted by Gasteiger charge is -2.25. The molecule has 0 atom stereocenters. The molecule has 1 aliphatic carbocycles. The number of hydrogen-bond donors (Lipinski definition) is 0. The van der Waals surface area contributed by atoms with Crippen molar-refractivity contribution in [2.45, 2.75) is 6.42 Å². The molecule has 0 saturated carbocycles. The SMILES string of the molecule is C1=CC(P(c2ccccc2)c2ccccc2)=C(c2ccccc2P(c2ccccc2)c2ccccc2)C1. The van der Waals surface area contributed by atoms with Crippen molar-refractivity contribution < 1.29 is 0 Å². The Labute approximate surface area is 222 Å². The predicted molar refractivity (Wildman–Crippen MR) is 165 cm³/mol. The summed E-state index contributed by atoms with van der Waals surface area (Å²) in [5.41, 5.74) is 2.86. The van der Waals surface area contributed by atoms with Crippen molar-refractivity contribution in [1.82, 2.24) is 0 Å². The second kappa shape index (κ2) is 11.2. The van der Waals surface area contributed by atoms with Crippen molar-refractivity contribution >= 4 is 47.9 Å². The van der Waals surface area contributed by atoms with Gasteiger partial charge in [-0.1, -0.05) is 158 Å². The summed E-state index contributed by atoms with van der Waals surface area (Å²) in [5, 5.41) is 8.47. The molecule has 2 heteroatoms. The van der Waals surface area contributed by atoms with Crippen LogP contribution in [0.4, 0.5) is 0 Å². The van der Waals surface area contributed by atoms with E-state index in [2.05, 4.69) is 158 Å². The number of rotatable bonds is 7. The average Bonchev–Trinajstić information content (AvgIpc) is 3.45. The van der Waals surface area contributed by atoms with Crippen LogP contribution in [0.5, 0.6) is 0 Å². The number of hydrogen-bond acceptors (Lipinski definition) is 0. The summed E-state index contributed by atoms with van der Waals surface area (Å²) in [6, 6.07) is 53.3. The van der Waals surface area contributed by atoms with E-state index in [1.165, 1.54) is 43.0 Å². The van der Waals surface area contributed by atoms with Gasteiger partial charge in [0.05, 0.1) is 0 Å². The first-order valence-electron chi connectivity index (χ1n) is 12.7. The highest BCUT2D eigenvalue weighted by atomic mass is 31.1. The van der Waals surface area contributed by atoms with Gasteiger partial charge in [0.25, 0.3) is 0 Å². The van der Waals surface area contributed by atoms with E-state index < -0.39 is 15.8 Å². The minimum atomic E-state index is -0.684. The molecule has 0 unspecified atom stereocenters. The number of allylic oxidation sites excluding steroid dienone is 4. The summed E-state index contributed by atoms with van der Waals surface area (Å²) < 4.78 is 0. The van der Waals surface area contributed by atoms with Crippen molar-refractivity contribution in [3.8, 4) is 0 Å². The highest BCUT2D eigenvalue weighted by Crippen LogP contribution is 2.51. The average molecular weight is 511 g/mol. The normalized spacial score (nSPS) is 13.0. The van der Waals surface area contributed by atoms with Crippen LogP contribution in [0, 0.1) is 0 Å². The molecule has 0 heterocycles. The Morgan fingerprint density at radius 3 is 1.30 bits per heavy atom. The van der Waals surface area contributed by atoms with E-state index in [0.717, 1.165) is 6.42 Å². The van der Waals surface area contributed by atoms with Crippen LogP contribution in [0.15, 0.2) is 163 Å². The molecule has 0 bridgehead atoms. The zero-order valence-electron chi connectivity index (χ0n) is 20.6. The molecule has 0 nitrogen and oxygen atoms in total. The largest absolute Gasteiger partial charge is 0.0794 e. The standard InChI is InChI=1S/C35H28P2/c1-5-16-28(17-6-1)36(29-18-7-2-8-19-29)34-26-14-13-24-32(34)33-25-15-27-35(33)37(30-20-9-3-10-21-30)31-22-11-4-12-23-31/h1-24,26-27H,25H2. The molecule has 0 aliphatic heterocycles. The smallest absolute Gasteiger partial charge is 0.00755 e. The van der Waals surface area contributed by atoms with E-state index in [1.54, 1.807) is 0 Å². The minimum Gasteiger partial charge on any atom is -0.0794 e. The molecule has 0 radical (unpaired) electrons. The summed E-state index contributed by atoms with van der Waals surface area (Å²) in [5.74, 6) is 0. The highest BCUT2D eigenvalue weighted by molar-refractivity contribution is 7.80. The van der Waals surface area contributed by atoms with Crippen LogP contribution in [0.1, 0.15) is 12.0 Å². The predicted octanol–water partition coefficient (Wildman–Crippen LogP) is 7.25. The highest BCUT2D eigenvalue weighted by Gasteiger charge is 2.27. The van der Waals surface area contributed by atoms with E-state index in [0.29, 0.717) is 0 Å². The lowest BCUT2D eigenvalue weighted by atomic mass is 10.1. The zero-order chi connectivity index (χ0) is 24.9. The minimum absolute atomic E-state index is 0.655. The van der Waals surface area contributed by atoms with Crippen LogP contribution in [0.3, 0.4) is 0 Å². The molecule has 0 aromatic heterocycles. The Bertz CT molecular complexity index is 1440. The Hall–Kier alpha value is -3.56. The van der Waals surface area contributed by atoms with Crippen LogP contribution in [0.25, 0.3) is 5.57 Å².